The van der Waals surface area contributed by atoms with Gasteiger partial charge in [0, 0.05) is 48.1 Å². The fourth-order valence-electron chi connectivity index (χ4n) is 5.91. The van der Waals surface area contributed by atoms with Gasteiger partial charge in [0.2, 0.25) is 0 Å². The zero-order valence-electron chi connectivity index (χ0n) is 23.1. The molecule has 2 N–H and O–H groups in total. The van der Waals surface area contributed by atoms with Gasteiger partial charge in [0.1, 0.15) is 28.5 Å². The number of nitrogens with zero attached hydrogens (tertiary/aromatic N) is 4. The smallest absolute Gasteiger partial charge is 0.318 e. The average molecular weight is 568 g/mol. The molecule has 208 valence electrons. The van der Waals surface area contributed by atoms with Gasteiger partial charge in [0.15, 0.2) is 5.82 Å². The van der Waals surface area contributed by atoms with E-state index in [2.05, 4.69) is 49.1 Å². The van der Waals surface area contributed by atoms with Gasteiger partial charge in [0.05, 0.1) is 12.5 Å². The number of aromatic nitrogens is 3. The van der Waals surface area contributed by atoms with E-state index < -0.39 is 5.82 Å². The van der Waals surface area contributed by atoms with E-state index in [1.807, 2.05) is 12.1 Å². The minimum atomic E-state index is -0.650. The molecule has 9 heteroatoms. The van der Waals surface area contributed by atoms with E-state index in [1.165, 1.54) is 13.2 Å². The third-order valence-corrected chi connectivity index (χ3v) is 8.32. The van der Waals surface area contributed by atoms with E-state index in [-0.39, 0.29) is 23.0 Å². The average Bonchev–Trinajstić information content (AvgIpc) is 3.32. The lowest BCUT2D eigenvalue weighted by Gasteiger charge is -2.34. The summed E-state index contributed by atoms with van der Waals surface area (Å²) in [6, 6.07) is 7.53. The Morgan fingerprint density at radius 3 is 2.66 bits per heavy atom. The van der Waals surface area contributed by atoms with Gasteiger partial charge in [-0.25, -0.2) is 9.37 Å². The summed E-state index contributed by atoms with van der Waals surface area (Å²) in [5.74, 6) is 9.07. The monoisotopic (exact) mass is 567 g/mol. The maximum Gasteiger partial charge on any atom is 0.318 e. The lowest BCUT2D eigenvalue weighted by molar-refractivity contribution is 0.380. The highest BCUT2D eigenvalue weighted by Gasteiger charge is 2.35. The van der Waals surface area contributed by atoms with Crippen LogP contribution in [0, 0.1) is 30.0 Å². The molecule has 3 unspecified atom stereocenters. The molecule has 0 saturated carbocycles. The third-order valence-electron chi connectivity index (χ3n) is 7.84. The Hall–Kier alpha value is -3.97. The molecule has 4 heterocycles. The highest BCUT2D eigenvalue weighted by Crippen LogP contribution is 2.40. The summed E-state index contributed by atoms with van der Waals surface area (Å²) >= 11 is 0. The second-order valence-corrected chi connectivity index (χ2v) is 11.2. The highest BCUT2D eigenvalue weighted by molar-refractivity contribution is 7.27. The van der Waals surface area contributed by atoms with Crippen LogP contribution in [-0.2, 0) is 0 Å². The highest BCUT2D eigenvalue weighted by atomic mass is 31.0. The molecule has 2 fully saturated rings. The molecular weight excluding hydrogens is 536 g/mol. The fourth-order valence-corrected chi connectivity index (χ4v) is 6.24. The van der Waals surface area contributed by atoms with Gasteiger partial charge in [-0.05, 0) is 48.0 Å². The number of aromatic hydroxyl groups is 1. The molecule has 2 aliphatic rings. The number of nitrogens with one attached hydrogen (secondary N) is 1. The zero-order valence-corrected chi connectivity index (χ0v) is 24.2. The summed E-state index contributed by atoms with van der Waals surface area (Å²) in [6.45, 7) is 3.58. The summed E-state index contributed by atoms with van der Waals surface area (Å²) in [7, 11) is 4.10. The lowest BCUT2D eigenvalue weighted by atomic mass is 9.95. The number of piperazine rings is 1. The van der Waals surface area contributed by atoms with Crippen LogP contribution in [0.25, 0.3) is 32.9 Å². The van der Waals surface area contributed by atoms with Crippen molar-refractivity contribution in [3.8, 4) is 47.2 Å². The molecule has 0 aliphatic carbocycles. The Morgan fingerprint density at radius 2 is 1.95 bits per heavy atom. The minimum absolute atomic E-state index is 0.0115. The molecule has 6 rings (SSSR count). The predicted octanol–water partition coefficient (Wildman–Crippen LogP) is 4.66. The SMILES string of the molecule is C#Cc1c(P)ccc2cc(O)cc(-c3nc(C#CCCCC)c4c(N5CC6CCC(C5)N6)nc(OC)nc4c3F)c12. The van der Waals surface area contributed by atoms with Crippen LogP contribution in [0.5, 0.6) is 11.8 Å². The largest absolute Gasteiger partial charge is 0.508 e. The fraction of sp³-hybridized carbons (Fsp3) is 0.344. The standard InChI is InChI=1S/C32H31FN5O2P/c1-4-6-7-8-9-24-27-30(36-32(40-3)37-31(27)38-16-19-11-12-20(17-38)34-19)28(33)29(35-24)23-15-21(39)14-18-10-13-25(41)22(5-2)26(18)23/h2,10,13-15,19-20,34,39H,4,6-7,11-12,16-17,41H2,1,3H3. The molecule has 2 bridgehead atoms. The number of halogens is 1. The number of pyridine rings is 1. The number of unbranched alkanes of at least 4 members (excludes halogenated alkanes) is 2. The molecule has 0 spiro atoms. The summed E-state index contributed by atoms with van der Waals surface area (Å²) in [6.07, 6.45) is 10.7. The number of phenolic OH excluding ortho intramolecular Hbond substituents is 1. The van der Waals surface area contributed by atoms with Crippen LogP contribution >= 0.6 is 9.24 Å². The van der Waals surface area contributed by atoms with Crippen LogP contribution in [0.1, 0.15) is 50.3 Å². The van der Waals surface area contributed by atoms with Crippen molar-refractivity contribution in [3.05, 3.63) is 41.3 Å². The first-order valence-corrected chi connectivity index (χ1v) is 14.5. The first-order valence-electron chi connectivity index (χ1n) is 13.9. The maximum absolute atomic E-state index is 16.8. The van der Waals surface area contributed by atoms with Gasteiger partial charge in [-0.1, -0.05) is 37.3 Å². The van der Waals surface area contributed by atoms with E-state index in [9.17, 15) is 5.11 Å². The van der Waals surface area contributed by atoms with E-state index in [4.69, 9.17) is 21.1 Å². The Labute approximate surface area is 241 Å². The Bertz CT molecular complexity index is 1780. The summed E-state index contributed by atoms with van der Waals surface area (Å²) < 4.78 is 22.2. The number of hydrogen-bond donors (Lipinski definition) is 2. The van der Waals surface area contributed by atoms with Crippen LogP contribution < -0.4 is 20.3 Å². The van der Waals surface area contributed by atoms with Crippen molar-refractivity contribution < 1.29 is 14.2 Å². The quantitative estimate of drug-likeness (QED) is 0.206. The third kappa shape index (κ3) is 4.93. The lowest BCUT2D eigenvalue weighted by Crippen LogP contribution is -2.51. The topological polar surface area (TPSA) is 83.4 Å². The predicted molar refractivity (Wildman–Crippen MR) is 164 cm³/mol. The molecule has 41 heavy (non-hydrogen) atoms. The van der Waals surface area contributed by atoms with E-state index >= 15 is 4.39 Å². The normalized spacial score (nSPS) is 17.9. The van der Waals surface area contributed by atoms with Crippen molar-refractivity contribution in [3.63, 3.8) is 0 Å². The second kappa shape index (κ2) is 11.1. The first kappa shape index (κ1) is 27.2. The Balaban J connectivity index is 1.67. The minimum Gasteiger partial charge on any atom is -0.508 e. The van der Waals surface area contributed by atoms with Crippen molar-refractivity contribution in [1.82, 2.24) is 20.3 Å². The number of ether oxygens (including phenoxy) is 1. The zero-order chi connectivity index (χ0) is 28.7. The van der Waals surface area contributed by atoms with Crippen LogP contribution in [0.4, 0.5) is 10.2 Å². The number of hydrogen-bond acceptors (Lipinski definition) is 7. The number of benzene rings is 2. The second-order valence-electron chi connectivity index (χ2n) is 10.6. The van der Waals surface area contributed by atoms with Crippen LogP contribution in [0.15, 0.2) is 24.3 Å². The van der Waals surface area contributed by atoms with Gasteiger partial charge in [-0.3, -0.25) is 0 Å². The van der Waals surface area contributed by atoms with Crippen molar-refractivity contribution in [1.29, 1.82) is 0 Å². The number of anilines is 1. The Morgan fingerprint density at radius 1 is 1.17 bits per heavy atom. The number of fused-ring (bicyclic) bond motifs is 4. The molecule has 0 radical (unpaired) electrons. The van der Waals surface area contributed by atoms with Gasteiger partial charge >= 0.3 is 6.01 Å². The number of phenols is 1. The molecule has 2 aromatic carbocycles. The molecule has 3 atom stereocenters. The van der Waals surface area contributed by atoms with Crippen molar-refractivity contribution in [2.24, 2.45) is 0 Å². The summed E-state index contributed by atoms with van der Waals surface area (Å²) in [5.41, 5.74) is 1.42. The van der Waals surface area contributed by atoms with E-state index in [0.717, 1.165) is 44.1 Å². The molecule has 2 saturated heterocycles. The number of terminal acetylenes is 1. The van der Waals surface area contributed by atoms with Crippen LogP contribution in [0.2, 0.25) is 0 Å². The molecular formula is C32H31FN5O2P. The van der Waals surface area contributed by atoms with Crippen LogP contribution in [-0.4, -0.2) is 52.3 Å². The van der Waals surface area contributed by atoms with Gasteiger partial charge in [-0.2, -0.15) is 9.97 Å². The summed E-state index contributed by atoms with van der Waals surface area (Å²) in [5, 5.41) is 16.8. The van der Waals surface area contributed by atoms with Gasteiger partial charge in [-0.15, -0.1) is 15.7 Å². The van der Waals surface area contributed by atoms with Gasteiger partial charge in [0.25, 0.3) is 0 Å². The van der Waals surface area contributed by atoms with E-state index in [1.54, 1.807) is 6.07 Å². The van der Waals surface area contributed by atoms with E-state index in [0.29, 0.717) is 57.3 Å². The Kier molecular flexibility index (Phi) is 7.39. The number of methoxy groups -OCH3 is 1. The van der Waals surface area contributed by atoms with Crippen molar-refractivity contribution >= 4 is 42.0 Å². The number of rotatable bonds is 5. The molecule has 2 aliphatic heterocycles. The molecule has 4 aromatic rings. The molecule has 2 aromatic heterocycles. The van der Waals surface area contributed by atoms with Crippen LogP contribution in [0.3, 0.4) is 0 Å². The van der Waals surface area contributed by atoms with Crippen molar-refractivity contribution in [2.75, 3.05) is 25.1 Å². The first-order chi connectivity index (χ1) is 19.9. The molecule has 7 nitrogen and oxygen atoms in total. The maximum atomic E-state index is 16.8. The van der Waals surface area contributed by atoms with Crippen molar-refractivity contribution in [2.45, 2.75) is 51.1 Å². The van der Waals surface area contributed by atoms with Gasteiger partial charge < -0.3 is 20.1 Å². The molecule has 0 amide bonds. The summed E-state index contributed by atoms with van der Waals surface area (Å²) in [4.78, 5) is 16.2.